The highest BCUT2D eigenvalue weighted by molar-refractivity contribution is 7.89. The molecule has 7 nitrogen and oxygen atoms in total. The molecule has 1 aliphatic carbocycles. The number of benzene rings is 2. The zero-order valence-corrected chi connectivity index (χ0v) is 20.3. The second-order valence-electron chi connectivity index (χ2n) is 9.02. The van der Waals surface area contributed by atoms with E-state index in [2.05, 4.69) is 5.32 Å². The number of alkyl halides is 3. The maximum atomic E-state index is 13.0. The largest absolute Gasteiger partial charge is 0.416 e. The summed E-state index contributed by atoms with van der Waals surface area (Å²) in [4.78, 5) is 25.0. The average Bonchev–Trinajstić information content (AvgIpc) is 3.53. The number of carbonyl (C=O) groups excluding carboxylic acids is 2. The Morgan fingerprint density at radius 2 is 1.60 bits per heavy atom. The van der Waals surface area contributed by atoms with E-state index in [1.807, 2.05) is 18.6 Å². The standard InChI is InChI=1S/C24H27F3N2O5S/c1-15(2)20(34-14-16-4-8-19(9-5-16)24(25,26)27)22(31)28-23(12-13-23)18-10-6-17(7-11-18)21(30)29-35(3,32)33/h4-11,15,20H,12-14H2,1-3H3,(H,28,31)(H,29,30). The monoisotopic (exact) mass is 512 g/mol. The Bertz CT molecular complexity index is 1170. The van der Waals surface area contributed by atoms with E-state index in [0.717, 1.165) is 24.0 Å². The number of nitrogens with one attached hydrogen (secondary N) is 2. The number of hydrogen-bond donors (Lipinski definition) is 2. The van der Waals surface area contributed by atoms with Gasteiger partial charge < -0.3 is 10.1 Å². The number of halogens is 3. The molecule has 0 heterocycles. The van der Waals surface area contributed by atoms with Crippen molar-refractivity contribution in [3.63, 3.8) is 0 Å². The van der Waals surface area contributed by atoms with Crippen LogP contribution in [0.3, 0.4) is 0 Å². The number of hydrogen-bond acceptors (Lipinski definition) is 5. The molecule has 0 aliphatic heterocycles. The van der Waals surface area contributed by atoms with Gasteiger partial charge in [0.15, 0.2) is 0 Å². The summed E-state index contributed by atoms with van der Waals surface area (Å²) < 4.78 is 68.4. The molecule has 190 valence electrons. The topological polar surface area (TPSA) is 102 Å². The number of amides is 2. The number of carbonyl (C=O) groups is 2. The lowest BCUT2D eigenvalue weighted by molar-refractivity contribution is -0.138. The highest BCUT2D eigenvalue weighted by atomic mass is 32.2. The second kappa shape index (κ2) is 9.98. The fourth-order valence-electron chi connectivity index (χ4n) is 3.63. The first-order valence-electron chi connectivity index (χ1n) is 10.9. The minimum absolute atomic E-state index is 0.0223. The molecular formula is C24H27F3N2O5S. The van der Waals surface area contributed by atoms with Crippen molar-refractivity contribution in [2.75, 3.05) is 6.26 Å². The smallest absolute Gasteiger partial charge is 0.363 e. The van der Waals surface area contributed by atoms with Gasteiger partial charge in [0.1, 0.15) is 6.10 Å². The SMILES string of the molecule is CC(C)C(OCc1ccc(C(F)(F)F)cc1)C(=O)NC1(c2ccc(C(=O)NS(C)(=O)=O)cc2)CC1. The van der Waals surface area contributed by atoms with E-state index < -0.39 is 39.3 Å². The first kappa shape index (κ1) is 26.7. The van der Waals surface area contributed by atoms with Gasteiger partial charge in [-0.1, -0.05) is 38.1 Å². The van der Waals surface area contributed by atoms with Crippen LogP contribution < -0.4 is 10.0 Å². The number of rotatable bonds is 9. The molecule has 0 radical (unpaired) electrons. The maximum absolute atomic E-state index is 13.0. The fourth-order valence-corrected chi connectivity index (χ4v) is 4.09. The molecule has 35 heavy (non-hydrogen) atoms. The van der Waals surface area contributed by atoms with Crippen LogP contribution in [0.15, 0.2) is 48.5 Å². The molecule has 0 aromatic heterocycles. The van der Waals surface area contributed by atoms with Gasteiger partial charge in [0.2, 0.25) is 15.9 Å². The highest BCUT2D eigenvalue weighted by Crippen LogP contribution is 2.45. The molecule has 1 saturated carbocycles. The first-order valence-corrected chi connectivity index (χ1v) is 12.8. The average molecular weight is 513 g/mol. The van der Waals surface area contributed by atoms with Crippen molar-refractivity contribution >= 4 is 21.8 Å². The van der Waals surface area contributed by atoms with E-state index in [9.17, 15) is 31.2 Å². The maximum Gasteiger partial charge on any atom is 0.416 e. The van der Waals surface area contributed by atoms with Crippen LogP contribution in [0.1, 0.15) is 53.7 Å². The van der Waals surface area contributed by atoms with Crippen molar-refractivity contribution in [1.29, 1.82) is 0 Å². The fraction of sp³-hybridized carbons (Fsp3) is 0.417. The van der Waals surface area contributed by atoms with Crippen molar-refractivity contribution in [3.05, 3.63) is 70.8 Å². The molecule has 2 N–H and O–H groups in total. The molecule has 3 rings (SSSR count). The van der Waals surface area contributed by atoms with Crippen LogP contribution in [-0.2, 0) is 37.9 Å². The summed E-state index contributed by atoms with van der Waals surface area (Å²) in [6.45, 7) is 3.60. The molecule has 0 spiro atoms. The van der Waals surface area contributed by atoms with Crippen LogP contribution >= 0.6 is 0 Å². The molecule has 2 aromatic rings. The molecule has 1 atom stereocenters. The van der Waals surface area contributed by atoms with Gasteiger partial charge in [-0.2, -0.15) is 13.2 Å². The van der Waals surface area contributed by atoms with E-state index in [1.165, 1.54) is 24.3 Å². The molecule has 2 aromatic carbocycles. The van der Waals surface area contributed by atoms with Gasteiger partial charge >= 0.3 is 6.18 Å². The first-order chi connectivity index (χ1) is 16.2. The molecule has 0 bridgehead atoms. The zero-order valence-electron chi connectivity index (χ0n) is 19.5. The summed E-state index contributed by atoms with van der Waals surface area (Å²) in [5.74, 6) is -1.28. The van der Waals surface area contributed by atoms with Crippen molar-refractivity contribution in [2.45, 2.75) is 51.1 Å². The predicted molar refractivity (Wildman–Crippen MR) is 123 cm³/mol. The third-order valence-corrected chi connectivity index (χ3v) is 6.22. The Morgan fingerprint density at radius 3 is 2.06 bits per heavy atom. The Labute approximate surface area is 202 Å². The van der Waals surface area contributed by atoms with Gasteiger partial charge in [-0.05, 0) is 54.2 Å². The van der Waals surface area contributed by atoms with Gasteiger partial charge in [0.25, 0.3) is 5.91 Å². The summed E-state index contributed by atoms with van der Waals surface area (Å²) in [6.07, 6.45) is -3.00. The van der Waals surface area contributed by atoms with Crippen molar-refractivity contribution < 1.29 is 35.9 Å². The molecule has 2 amide bonds. The highest BCUT2D eigenvalue weighted by Gasteiger charge is 2.47. The lowest BCUT2D eigenvalue weighted by atomic mass is 10.0. The van der Waals surface area contributed by atoms with Gasteiger partial charge in [-0.3, -0.25) is 9.59 Å². The number of sulfonamides is 1. The third-order valence-electron chi connectivity index (χ3n) is 5.66. The molecular weight excluding hydrogens is 485 g/mol. The Morgan fingerprint density at radius 1 is 1.03 bits per heavy atom. The van der Waals surface area contributed by atoms with E-state index in [0.29, 0.717) is 18.4 Å². The molecule has 0 saturated heterocycles. The van der Waals surface area contributed by atoms with E-state index in [-0.39, 0.29) is 24.0 Å². The van der Waals surface area contributed by atoms with Crippen LogP contribution in [0.25, 0.3) is 0 Å². The zero-order chi connectivity index (χ0) is 26.0. The second-order valence-corrected chi connectivity index (χ2v) is 10.8. The predicted octanol–water partition coefficient (Wildman–Crippen LogP) is 3.74. The molecule has 11 heteroatoms. The van der Waals surface area contributed by atoms with Crippen molar-refractivity contribution in [2.24, 2.45) is 5.92 Å². The third kappa shape index (κ3) is 7.04. The summed E-state index contributed by atoms with van der Waals surface area (Å²) in [5, 5.41) is 3.01. The minimum atomic E-state index is -4.42. The van der Waals surface area contributed by atoms with Crippen LogP contribution in [0.2, 0.25) is 0 Å². The van der Waals surface area contributed by atoms with Crippen molar-refractivity contribution in [1.82, 2.24) is 10.0 Å². The normalized spacial score (nSPS) is 16.0. The Kier molecular flexibility index (Phi) is 7.61. The Balaban J connectivity index is 1.64. The van der Waals surface area contributed by atoms with Crippen molar-refractivity contribution in [3.8, 4) is 0 Å². The van der Waals surface area contributed by atoms with Gasteiger partial charge in [-0.25, -0.2) is 13.1 Å². The summed E-state index contributed by atoms with van der Waals surface area (Å²) in [7, 11) is -3.69. The van der Waals surface area contributed by atoms with Gasteiger partial charge in [0.05, 0.1) is 24.0 Å². The molecule has 1 fully saturated rings. The lowest BCUT2D eigenvalue weighted by Crippen LogP contribution is -2.44. The van der Waals surface area contributed by atoms with Crippen LogP contribution in [-0.4, -0.2) is 32.6 Å². The van der Waals surface area contributed by atoms with Crippen LogP contribution in [0.4, 0.5) is 13.2 Å². The van der Waals surface area contributed by atoms with E-state index >= 15 is 0 Å². The Hall–Kier alpha value is -2.92. The van der Waals surface area contributed by atoms with E-state index in [4.69, 9.17) is 4.74 Å². The van der Waals surface area contributed by atoms with E-state index in [1.54, 1.807) is 12.1 Å². The summed E-state index contributed by atoms with van der Waals surface area (Å²) in [6, 6.07) is 10.9. The van der Waals surface area contributed by atoms with Gasteiger partial charge in [0, 0.05) is 5.56 Å². The summed E-state index contributed by atoms with van der Waals surface area (Å²) >= 11 is 0. The van der Waals surface area contributed by atoms with Crippen LogP contribution in [0, 0.1) is 5.92 Å². The minimum Gasteiger partial charge on any atom is -0.363 e. The quantitative estimate of drug-likeness (QED) is 0.533. The summed E-state index contributed by atoms with van der Waals surface area (Å²) in [5.41, 5.74) is 0.0806. The molecule has 1 aliphatic rings. The van der Waals surface area contributed by atoms with Gasteiger partial charge in [-0.15, -0.1) is 0 Å². The number of ether oxygens (including phenoxy) is 1. The van der Waals surface area contributed by atoms with Crippen LogP contribution in [0.5, 0.6) is 0 Å². The lowest BCUT2D eigenvalue weighted by Gasteiger charge is -2.25. The molecule has 1 unspecified atom stereocenters.